The minimum absolute atomic E-state index is 0.401. The number of rotatable bonds is 3. The molecule has 1 aliphatic carbocycles. The second kappa shape index (κ2) is 8.65. The van der Waals surface area contributed by atoms with E-state index in [0.29, 0.717) is 16.9 Å². The van der Waals surface area contributed by atoms with Gasteiger partial charge in [-0.2, -0.15) is 5.10 Å². The van der Waals surface area contributed by atoms with Gasteiger partial charge in [-0.05, 0) is 18.2 Å². The Morgan fingerprint density at radius 2 is 1.66 bits per heavy atom. The van der Waals surface area contributed by atoms with Crippen molar-refractivity contribution in [3.05, 3.63) is 72.7 Å². The number of amides is 1. The lowest BCUT2D eigenvalue weighted by atomic mass is 10.1. The molecule has 1 aromatic carbocycles. The number of primary amides is 1. The van der Waals surface area contributed by atoms with Crippen molar-refractivity contribution in [1.82, 2.24) is 19.6 Å². The first-order valence-corrected chi connectivity index (χ1v) is 9.88. The Kier molecular flexibility index (Phi) is 5.61. The predicted molar refractivity (Wildman–Crippen MR) is 113 cm³/mol. The largest absolute Gasteiger partial charge is 0.366 e. The molecule has 1 saturated carbocycles. The van der Waals surface area contributed by atoms with Crippen molar-refractivity contribution in [2.45, 2.75) is 32.1 Å². The Hall–Kier alpha value is -3.54. The van der Waals surface area contributed by atoms with E-state index in [-0.39, 0.29) is 0 Å². The number of hydrogen-bond donors (Lipinski definition) is 1. The molecule has 0 radical (unpaired) electrons. The first-order valence-electron chi connectivity index (χ1n) is 9.88. The summed E-state index contributed by atoms with van der Waals surface area (Å²) in [5, 5.41) is 4.30. The molecule has 146 valence electrons. The van der Waals surface area contributed by atoms with Gasteiger partial charge in [0.1, 0.15) is 0 Å². The number of carbonyl (C=O) groups excluding carboxylic acids is 1. The Morgan fingerprint density at radius 3 is 2.34 bits per heavy atom. The van der Waals surface area contributed by atoms with Crippen LogP contribution in [0.1, 0.15) is 42.5 Å². The second-order valence-corrected chi connectivity index (χ2v) is 7.07. The van der Waals surface area contributed by atoms with Gasteiger partial charge in [0, 0.05) is 23.5 Å². The third-order valence-electron chi connectivity index (χ3n) is 5.01. The number of nitrogens with zero attached hydrogens (tertiary/aromatic N) is 4. The molecule has 3 heterocycles. The van der Waals surface area contributed by atoms with Crippen LogP contribution in [0.5, 0.6) is 0 Å². The van der Waals surface area contributed by atoms with E-state index < -0.39 is 5.91 Å². The van der Waals surface area contributed by atoms with Crippen molar-refractivity contribution in [3.63, 3.8) is 0 Å². The molecule has 0 atom stereocenters. The molecule has 2 N–H and O–H groups in total. The lowest BCUT2D eigenvalue weighted by Gasteiger charge is -2.03. The smallest absolute Gasteiger partial charge is 0.248 e. The van der Waals surface area contributed by atoms with Gasteiger partial charge in [0.2, 0.25) is 5.91 Å². The zero-order chi connectivity index (χ0) is 20.1. The van der Waals surface area contributed by atoms with E-state index in [1.54, 1.807) is 29.0 Å². The fraction of sp³-hybridized carbons (Fsp3) is 0.217. The molecule has 6 nitrogen and oxygen atoms in total. The minimum Gasteiger partial charge on any atom is -0.366 e. The Morgan fingerprint density at radius 1 is 0.931 bits per heavy atom. The van der Waals surface area contributed by atoms with Crippen molar-refractivity contribution < 1.29 is 4.79 Å². The summed E-state index contributed by atoms with van der Waals surface area (Å²) in [7, 11) is 0. The first-order chi connectivity index (χ1) is 14.2. The maximum Gasteiger partial charge on any atom is 0.248 e. The molecule has 29 heavy (non-hydrogen) atoms. The van der Waals surface area contributed by atoms with E-state index in [1.165, 1.54) is 32.1 Å². The highest BCUT2D eigenvalue weighted by Crippen LogP contribution is 2.24. The average molecular weight is 385 g/mol. The summed E-state index contributed by atoms with van der Waals surface area (Å²) in [5.41, 5.74) is 9.64. The fourth-order valence-electron chi connectivity index (χ4n) is 3.43. The Bertz CT molecular complexity index is 1110. The summed E-state index contributed by atoms with van der Waals surface area (Å²) in [6.07, 6.45) is 12.6. The van der Waals surface area contributed by atoms with E-state index in [9.17, 15) is 4.79 Å². The van der Waals surface area contributed by atoms with Gasteiger partial charge in [-0.25, -0.2) is 9.50 Å². The molecule has 4 aromatic rings. The first kappa shape index (κ1) is 18.8. The maximum absolute atomic E-state index is 11.4. The van der Waals surface area contributed by atoms with Crippen LogP contribution in [0.15, 0.2) is 67.1 Å². The van der Waals surface area contributed by atoms with Gasteiger partial charge in [0.05, 0.1) is 23.1 Å². The van der Waals surface area contributed by atoms with Crippen molar-refractivity contribution in [1.29, 1.82) is 0 Å². The van der Waals surface area contributed by atoms with Crippen LogP contribution in [0.3, 0.4) is 0 Å². The van der Waals surface area contributed by atoms with Gasteiger partial charge in [-0.1, -0.05) is 62.4 Å². The van der Waals surface area contributed by atoms with E-state index >= 15 is 0 Å². The molecule has 1 aliphatic rings. The van der Waals surface area contributed by atoms with E-state index in [4.69, 9.17) is 10.7 Å². The number of aromatic nitrogens is 4. The fourth-order valence-corrected chi connectivity index (χ4v) is 3.43. The number of carbonyl (C=O) groups is 1. The molecule has 6 heteroatoms. The van der Waals surface area contributed by atoms with Crippen LogP contribution in [0.4, 0.5) is 0 Å². The SMILES string of the molecule is C1CCCC1.NC(=O)c1ccnc(-c2cnn3ccc(-c4ccccc4)nc23)c1. The number of nitrogens with two attached hydrogens (primary N) is 1. The van der Waals surface area contributed by atoms with Gasteiger partial charge >= 0.3 is 0 Å². The highest BCUT2D eigenvalue weighted by atomic mass is 16.1. The highest BCUT2D eigenvalue weighted by molar-refractivity contribution is 5.94. The zero-order valence-electron chi connectivity index (χ0n) is 16.2. The lowest BCUT2D eigenvalue weighted by molar-refractivity contribution is 0.1000. The van der Waals surface area contributed by atoms with Crippen molar-refractivity contribution in [3.8, 4) is 22.5 Å². The molecule has 0 unspecified atom stereocenters. The number of benzene rings is 1. The molecule has 5 rings (SSSR count). The number of fused-ring (bicyclic) bond motifs is 1. The van der Waals surface area contributed by atoms with E-state index in [0.717, 1.165) is 16.8 Å². The van der Waals surface area contributed by atoms with Crippen LogP contribution in [0, 0.1) is 0 Å². The second-order valence-electron chi connectivity index (χ2n) is 7.07. The van der Waals surface area contributed by atoms with Crippen molar-refractivity contribution in [2.24, 2.45) is 5.73 Å². The Labute approximate surface area is 169 Å². The summed E-state index contributed by atoms with van der Waals surface area (Å²) in [4.78, 5) is 20.4. The van der Waals surface area contributed by atoms with Crippen LogP contribution in [-0.4, -0.2) is 25.5 Å². The van der Waals surface area contributed by atoms with Crippen LogP contribution in [0.25, 0.3) is 28.2 Å². The van der Waals surface area contributed by atoms with Crippen LogP contribution >= 0.6 is 0 Å². The number of pyridine rings is 1. The molecule has 3 aromatic heterocycles. The summed E-state index contributed by atoms with van der Waals surface area (Å²) in [6.45, 7) is 0. The molecule has 1 fully saturated rings. The number of hydrogen-bond acceptors (Lipinski definition) is 4. The zero-order valence-corrected chi connectivity index (χ0v) is 16.2. The minimum atomic E-state index is -0.493. The Balaban J connectivity index is 0.000000359. The molecule has 0 bridgehead atoms. The predicted octanol–water partition coefficient (Wildman–Crippen LogP) is 4.51. The van der Waals surface area contributed by atoms with Gasteiger partial charge in [0.15, 0.2) is 5.65 Å². The van der Waals surface area contributed by atoms with Gasteiger partial charge in [0.25, 0.3) is 0 Å². The topological polar surface area (TPSA) is 86.2 Å². The lowest BCUT2D eigenvalue weighted by Crippen LogP contribution is -2.10. The molecular formula is C23H23N5O. The van der Waals surface area contributed by atoms with Gasteiger partial charge in [-0.15, -0.1) is 0 Å². The molecular weight excluding hydrogens is 362 g/mol. The summed E-state index contributed by atoms with van der Waals surface area (Å²) in [5.74, 6) is -0.493. The summed E-state index contributed by atoms with van der Waals surface area (Å²) in [6, 6.07) is 15.0. The summed E-state index contributed by atoms with van der Waals surface area (Å²) >= 11 is 0. The summed E-state index contributed by atoms with van der Waals surface area (Å²) < 4.78 is 1.68. The van der Waals surface area contributed by atoms with Crippen LogP contribution < -0.4 is 5.73 Å². The third-order valence-corrected chi connectivity index (χ3v) is 5.01. The normalized spacial score (nSPS) is 13.1. The monoisotopic (exact) mass is 385 g/mol. The molecule has 1 amide bonds. The molecule has 0 spiro atoms. The van der Waals surface area contributed by atoms with Crippen molar-refractivity contribution in [2.75, 3.05) is 0 Å². The average Bonchev–Trinajstić information content (AvgIpc) is 3.47. The highest BCUT2D eigenvalue weighted by Gasteiger charge is 2.12. The standard InChI is InChI=1S/C18H13N5O.C5H10/c19-17(24)13-6-8-20-16(10-13)14-11-21-23-9-7-15(22-18(14)23)12-4-2-1-3-5-12;1-2-4-5-3-1/h1-11H,(H2,19,24);1-5H2. The molecule has 0 aliphatic heterocycles. The third kappa shape index (κ3) is 4.32. The molecule has 0 saturated heterocycles. The van der Waals surface area contributed by atoms with E-state index in [2.05, 4.69) is 10.1 Å². The quantitative estimate of drug-likeness (QED) is 0.562. The van der Waals surface area contributed by atoms with Gasteiger partial charge in [-0.3, -0.25) is 9.78 Å². The van der Waals surface area contributed by atoms with Gasteiger partial charge < -0.3 is 5.73 Å². The van der Waals surface area contributed by atoms with E-state index in [1.807, 2.05) is 42.6 Å². The van der Waals surface area contributed by atoms with Crippen LogP contribution in [-0.2, 0) is 0 Å². The maximum atomic E-state index is 11.4. The van der Waals surface area contributed by atoms with Crippen LogP contribution in [0.2, 0.25) is 0 Å². The van der Waals surface area contributed by atoms with Crippen molar-refractivity contribution >= 4 is 11.6 Å².